The SMILES string of the molecule is O=C(O)c1ccc(-c2ccccc2CN2CCOc3cc(C(=O)NCC4=CCCC=C4)ccc32)cc1. The number of nitrogens with one attached hydrogen (secondary N) is 1. The number of carbonyl (C=O) groups excluding carboxylic acids is 1. The number of rotatable bonds is 7. The Hall–Kier alpha value is -4.32. The maximum absolute atomic E-state index is 12.7. The molecule has 2 N–H and O–H groups in total. The van der Waals surface area contributed by atoms with Crippen LogP contribution in [0.25, 0.3) is 11.1 Å². The standard InChI is InChI=1S/C30H28N2O4/c33-29(31-19-21-6-2-1-3-7-21)24-14-15-27-28(18-24)36-17-16-32(27)20-25-8-4-5-9-26(25)22-10-12-23(13-11-22)30(34)35/h2,4-15,18H,1,3,16-17,19-20H2,(H,31,33)(H,34,35). The number of hydrogen-bond acceptors (Lipinski definition) is 4. The van der Waals surface area contributed by atoms with Crippen LogP contribution in [0.4, 0.5) is 5.69 Å². The van der Waals surface area contributed by atoms with E-state index in [0.29, 0.717) is 31.0 Å². The van der Waals surface area contributed by atoms with Crippen molar-refractivity contribution in [3.8, 4) is 16.9 Å². The zero-order chi connectivity index (χ0) is 24.9. The predicted molar refractivity (Wildman–Crippen MR) is 141 cm³/mol. The molecular formula is C30H28N2O4. The van der Waals surface area contributed by atoms with E-state index in [0.717, 1.165) is 47.3 Å². The molecule has 0 bridgehead atoms. The van der Waals surface area contributed by atoms with Crippen LogP contribution in [0.5, 0.6) is 5.75 Å². The second-order valence-corrected chi connectivity index (χ2v) is 8.93. The van der Waals surface area contributed by atoms with Gasteiger partial charge in [-0.3, -0.25) is 4.79 Å². The average Bonchev–Trinajstić information content (AvgIpc) is 2.92. The minimum Gasteiger partial charge on any atom is -0.490 e. The lowest BCUT2D eigenvalue weighted by Gasteiger charge is -2.32. The first-order chi connectivity index (χ1) is 17.6. The molecule has 3 aromatic rings. The summed E-state index contributed by atoms with van der Waals surface area (Å²) in [5, 5.41) is 12.2. The Kier molecular flexibility index (Phi) is 6.85. The van der Waals surface area contributed by atoms with E-state index in [1.165, 1.54) is 0 Å². The van der Waals surface area contributed by atoms with E-state index >= 15 is 0 Å². The fourth-order valence-corrected chi connectivity index (χ4v) is 4.60. The number of carboxylic acids is 1. The van der Waals surface area contributed by atoms with Crippen molar-refractivity contribution in [1.82, 2.24) is 5.32 Å². The number of carbonyl (C=O) groups is 2. The van der Waals surface area contributed by atoms with Crippen molar-refractivity contribution in [3.63, 3.8) is 0 Å². The van der Waals surface area contributed by atoms with Gasteiger partial charge >= 0.3 is 5.97 Å². The summed E-state index contributed by atoms with van der Waals surface area (Å²) in [4.78, 5) is 26.2. The fraction of sp³-hybridized carbons (Fsp3) is 0.200. The van der Waals surface area contributed by atoms with Crippen molar-refractivity contribution in [2.24, 2.45) is 0 Å². The number of anilines is 1. The summed E-state index contributed by atoms with van der Waals surface area (Å²) in [5.74, 6) is -0.349. The van der Waals surface area contributed by atoms with Gasteiger partial charge in [0.1, 0.15) is 12.4 Å². The Balaban J connectivity index is 1.33. The van der Waals surface area contributed by atoms with Crippen LogP contribution < -0.4 is 15.0 Å². The number of carboxylic acid groups (broad SMARTS) is 1. The Morgan fingerprint density at radius 3 is 2.56 bits per heavy atom. The highest BCUT2D eigenvalue weighted by molar-refractivity contribution is 5.95. The molecule has 3 aromatic carbocycles. The van der Waals surface area contributed by atoms with E-state index in [4.69, 9.17) is 4.74 Å². The van der Waals surface area contributed by atoms with Gasteiger partial charge in [-0.25, -0.2) is 4.79 Å². The maximum atomic E-state index is 12.7. The predicted octanol–water partition coefficient (Wildman–Crippen LogP) is 5.46. The van der Waals surface area contributed by atoms with Gasteiger partial charge in [0.15, 0.2) is 0 Å². The zero-order valence-electron chi connectivity index (χ0n) is 19.9. The third-order valence-corrected chi connectivity index (χ3v) is 6.53. The normalized spacial score (nSPS) is 14.4. The van der Waals surface area contributed by atoms with Crippen LogP contribution in [0.15, 0.2) is 90.5 Å². The molecule has 5 rings (SSSR count). The minimum absolute atomic E-state index is 0.117. The molecule has 1 aliphatic heterocycles. The van der Waals surface area contributed by atoms with Crippen LogP contribution in [0, 0.1) is 0 Å². The van der Waals surface area contributed by atoms with E-state index in [-0.39, 0.29) is 11.5 Å². The van der Waals surface area contributed by atoms with Crippen LogP contribution in [-0.2, 0) is 6.54 Å². The molecular weight excluding hydrogens is 452 g/mol. The summed E-state index contributed by atoms with van der Waals surface area (Å²) in [5.41, 5.74) is 6.09. The molecule has 0 saturated heterocycles. The molecule has 0 radical (unpaired) electrons. The van der Waals surface area contributed by atoms with Crippen LogP contribution in [0.1, 0.15) is 39.1 Å². The Morgan fingerprint density at radius 1 is 0.972 bits per heavy atom. The highest BCUT2D eigenvalue weighted by Gasteiger charge is 2.21. The summed E-state index contributed by atoms with van der Waals surface area (Å²) in [6.45, 7) is 2.44. The summed E-state index contributed by atoms with van der Waals surface area (Å²) < 4.78 is 5.93. The highest BCUT2D eigenvalue weighted by Crippen LogP contribution is 2.35. The van der Waals surface area contributed by atoms with E-state index in [9.17, 15) is 14.7 Å². The van der Waals surface area contributed by atoms with Crippen LogP contribution >= 0.6 is 0 Å². The van der Waals surface area contributed by atoms with Gasteiger partial charge in [0.25, 0.3) is 5.91 Å². The van der Waals surface area contributed by atoms with Crippen molar-refractivity contribution in [2.45, 2.75) is 19.4 Å². The molecule has 0 atom stereocenters. The highest BCUT2D eigenvalue weighted by atomic mass is 16.5. The second-order valence-electron chi connectivity index (χ2n) is 8.93. The van der Waals surface area contributed by atoms with Crippen molar-refractivity contribution in [1.29, 1.82) is 0 Å². The Morgan fingerprint density at radius 2 is 1.78 bits per heavy atom. The van der Waals surface area contributed by atoms with E-state index in [1.54, 1.807) is 12.1 Å². The first-order valence-electron chi connectivity index (χ1n) is 12.2. The van der Waals surface area contributed by atoms with Crippen LogP contribution in [0.2, 0.25) is 0 Å². The minimum atomic E-state index is -0.935. The first kappa shape index (κ1) is 23.4. The average molecular weight is 481 g/mol. The van der Waals surface area contributed by atoms with Crippen molar-refractivity contribution in [3.05, 3.63) is 107 Å². The van der Waals surface area contributed by atoms with Gasteiger partial charge in [-0.1, -0.05) is 54.6 Å². The van der Waals surface area contributed by atoms with Crippen LogP contribution in [0.3, 0.4) is 0 Å². The molecule has 0 saturated carbocycles. The van der Waals surface area contributed by atoms with Crippen molar-refractivity contribution >= 4 is 17.6 Å². The summed E-state index contributed by atoms with van der Waals surface area (Å²) in [6.07, 6.45) is 8.42. The molecule has 6 heteroatoms. The van der Waals surface area contributed by atoms with Gasteiger partial charge in [0.2, 0.25) is 0 Å². The molecule has 2 aliphatic rings. The quantitative estimate of drug-likeness (QED) is 0.470. The lowest BCUT2D eigenvalue weighted by molar-refractivity contribution is 0.0696. The maximum Gasteiger partial charge on any atom is 0.335 e. The zero-order valence-corrected chi connectivity index (χ0v) is 19.9. The first-order valence-corrected chi connectivity index (χ1v) is 12.2. The molecule has 1 amide bonds. The third kappa shape index (κ3) is 5.18. The van der Waals surface area contributed by atoms with E-state index in [1.807, 2.05) is 42.5 Å². The molecule has 1 heterocycles. The van der Waals surface area contributed by atoms with Gasteiger partial charge in [0.05, 0.1) is 17.8 Å². The van der Waals surface area contributed by atoms with Gasteiger partial charge < -0.3 is 20.1 Å². The number of nitrogens with zero attached hydrogens (tertiary/aromatic N) is 1. The van der Waals surface area contributed by atoms with Crippen molar-refractivity contribution in [2.75, 3.05) is 24.6 Å². The van der Waals surface area contributed by atoms with E-state index < -0.39 is 5.97 Å². The second kappa shape index (κ2) is 10.5. The number of benzene rings is 3. The Labute approximate surface area is 210 Å². The third-order valence-electron chi connectivity index (χ3n) is 6.53. The van der Waals surface area contributed by atoms with Gasteiger partial charge in [-0.2, -0.15) is 0 Å². The van der Waals surface area contributed by atoms with Crippen LogP contribution in [-0.4, -0.2) is 36.7 Å². The molecule has 0 unspecified atom stereocenters. The van der Waals surface area contributed by atoms with Gasteiger partial charge in [0, 0.05) is 18.7 Å². The topological polar surface area (TPSA) is 78.9 Å². The number of allylic oxidation sites excluding steroid dienone is 2. The molecule has 182 valence electrons. The molecule has 0 aromatic heterocycles. The molecule has 0 spiro atoms. The number of fused-ring (bicyclic) bond motifs is 1. The molecule has 6 nitrogen and oxygen atoms in total. The van der Waals surface area contributed by atoms with E-state index in [2.05, 4.69) is 40.6 Å². The van der Waals surface area contributed by atoms with Gasteiger partial charge in [-0.15, -0.1) is 0 Å². The molecule has 36 heavy (non-hydrogen) atoms. The Bertz CT molecular complexity index is 1340. The van der Waals surface area contributed by atoms with Gasteiger partial charge in [-0.05, 0) is 65.4 Å². The lowest BCUT2D eigenvalue weighted by Crippen LogP contribution is -2.33. The molecule has 1 aliphatic carbocycles. The monoisotopic (exact) mass is 480 g/mol. The number of aromatic carboxylic acids is 1. The molecule has 0 fully saturated rings. The van der Waals surface area contributed by atoms with Crippen molar-refractivity contribution < 1.29 is 19.4 Å². The lowest BCUT2D eigenvalue weighted by atomic mass is 9.98. The summed E-state index contributed by atoms with van der Waals surface area (Å²) >= 11 is 0. The largest absolute Gasteiger partial charge is 0.490 e. The smallest absolute Gasteiger partial charge is 0.335 e. The number of hydrogen-bond donors (Lipinski definition) is 2. The fourth-order valence-electron chi connectivity index (χ4n) is 4.60. The number of amides is 1. The number of ether oxygens (including phenoxy) is 1. The summed E-state index contributed by atoms with van der Waals surface area (Å²) in [6, 6.07) is 20.7. The summed E-state index contributed by atoms with van der Waals surface area (Å²) in [7, 11) is 0.